The van der Waals surface area contributed by atoms with Gasteiger partial charge in [-0.25, -0.2) is 0 Å². The van der Waals surface area contributed by atoms with Gasteiger partial charge in [-0.3, -0.25) is 10.4 Å². The fourth-order valence-corrected chi connectivity index (χ4v) is 3.47. The van der Waals surface area contributed by atoms with E-state index in [4.69, 9.17) is 0 Å². The van der Waals surface area contributed by atoms with Gasteiger partial charge in [-0.15, -0.1) is 0 Å². The quantitative estimate of drug-likeness (QED) is 0.843. The lowest BCUT2D eigenvalue weighted by atomic mass is 9.99. The summed E-state index contributed by atoms with van der Waals surface area (Å²) in [6.07, 6.45) is 2.30. The van der Waals surface area contributed by atoms with E-state index in [-0.39, 0.29) is 0 Å². The highest BCUT2D eigenvalue weighted by atomic mass is 15.6. The molecule has 0 radical (unpaired) electrons. The number of rotatable bonds is 1. The van der Waals surface area contributed by atoms with Gasteiger partial charge in [0.15, 0.2) is 0 Å². The van der Waals surface area contributed by atoms with Gasteiger partial charge in [0.05, 0.1) is 5.70 Å². The molecule has 0 atom stereocenters. The molecule has 1 N–H and O–H groups in total. The predicted molar refractivity (Wildman–Crippen MR) is 84.3 cm³/mol. The third kappa shape index (κ3) is 1.89. The second kappa shape index (κ2) is 4.58. The number of hydrazine groups is 1. The zero-order chi connectivity index (χ0) is 14.4. The highest BCUT2D eigenvalue weighted by Crippen LogP contribution is 2.37. The lowest BCUT2D eigenvalue weighted by molar-refractivity contribution is 0.369. The summed E-state index contributed by atoms with van der Waals surface area (Å²) in [7, 11) is 2.04. The third-order valence-electron chi connectivity index (χ3n) is 4.30. The number of hydrogen-bond acceptors (Lipinski definition) is 3. The summed E-state index contributed by atoms with van der Waals surface area (Å²) in [5.74, 6) is 1.22. The van der Waals surface area contributed by atoms with E-state index in [2.05, 4.69) is 49.8 Å². The van der Waals surface area contributed by atoms with E-state index in [1.807, 2.05) is 12.1 Å². The van der Waals surface area contributed by atoms with E-state index < -0.39 is 0 Å². The zero-order valence-electron chi connectivity index (χ0n) is 12.9. The van der Waals surface area contributed by atoms with E-state index in [1.54, 1.807) is 0 Å². The number of hydrogen-bond donors (Lipinski definition) is 1. The molecular formula is C17H23N3. The predicted octanol–water partition coefficient (Wildman–Crippen LogP) is 3.39. The number of allylic oxidation sites excluding steroid dienone is 1. The molecule has 3 nitrogen and oxygen atoms in total. The third-order valence-corrected chi connectivity index (χ3v) is 4.30. The largest absolute Gasteiger partial charge is 0.326 e. The van der Waals surface area contributed by atoms with Crippen LogP contribution in [-0.2, 0) is 0 Å². The Labute approximate surface area is 121 Å². The SMILES string of the molecule is C=C1C2=C(NN1C)N(c1c(C)cc(C)cc1C)CCC2. The van der Waals surface area contributed by atoms with Crippen LogP contribution in [-0.4, -0.2) is 18.6 Å². The average molecular weight is 269 g/mol. The summed E-state index contributed by atoms with van der Waals surface area (Å²) in [5.41, 5.74) is 11.3. The van der Waals surface area contributed by atoms with Crippen LogP contribution in [0.4, 0.5) is 5.69 Å². The molecule has 2 aliphatic rings. The van der Waals surface area contributed by atoms with Gasteiger partial charge in [-0.1, -0.05) is 24.3 Å². The molecule has 2 aliphatic heterocycles. The van der Waals surface area contributed by atoms with Crippen molar-refractivity contribution in [3.63, 3.8) is 0 Å². The van der Waals surface area contributed by atoms with Gasteiger partial charge < -0.3 is 4.90 Å². The molecule has 1 aromatic rings. The van der Waals surface area contributed by atoms with Gasteiger partial charge >= 0.3 is 0 Å². The minimum absolute atomic E-state index is 1.07. The number of benzene rings is 1. The molecule has 3 heteroatoms. The summed E-state index contributed by atoms with van der Waals surface area (Å²) >= 11 is 0. The minimum Gasteiger partial charge on any atom is -0.326 e. The summed E-state index contributed by atoms with van der Waals surface area (Å²) < 4.78 is 0. The Hall–Kier alpha value is -1.90. The molecule has 106 valence electrons. The maximum atomic E-state index is 4.19. The van der Waals surface area contributed by atoms with Crippen LogP contribution in [0.2, 0.25) is 0 Å². The van der Waals surface area contributed by atoms with Crippen molar-refractivity contribution in [3.8, 4) is 0 Å². The lowest BCUT2D eigenvalue weighted by Crippen LogP contribution is -2.37. The molecule has 0 unspecified atom stereocenters. The second-order valence-corrected chi connectivity index (χ2v) is 5.95. The summed E-state index contributed by atoms with van der Waals surface area (Å²) in [6.45, 7) is 11.8. The maximum Gasteiger partial charge on any atom is 0.130 e. The molecule has 0 bridgehead atoms. The van der Waals surface area contributed by atoms with Crippen molar-refractivity contribution < 1.29 is 0 Å². The Balaban J connectivity index is 2.09. The molecule has 0 aromatic heterocycles. The van der Waals surface area contributed by atoms with Crippen molar-refractivity contribution in [2.45, 2.75) is 33.6 Å². The number of nitrogens with zero attached hydrogens (tertiary/aromatic N) is 2. The Morgan fingerprint density at radius 1 is 1.15 bits per heavy atom. The van der Waals surface area contributed by atoms with Crippen molar-refractivity contribution in [1.29, 1.82) is 0 Å². The van der Waals surface area contributed by atoms with Gasteiger partial charge in [-0.05, 0) is 44.7 Å². The molecule has 0 saturated carbocycles. The fraction of sp³-hybridized carbons (Fsp3) is 0.412. The number of aryl methyl sites for hydroxylation is 3. The topological polar surface area (TPSA) is 18.5 Å². The summed E-state index contributed by atoms with van der Waals surface area (Å²) in [6, 6.07) is 4.54. The van der Waals surface area contributed by atoms with Crippen molar-refractivity contribution >= 4 is 5.69 Å². The molecule has 0 spiro atoms. The van der Waals surface area contributed by atoms with Crippen LogP contribution in [0, 0.1) is 20.8 Å². The Bertz CT molecular complexity index is 590. The van der Waals surface area contributed by atoms with E-state index in [1.165, 1.54) is 40.2 Å². The molecule has 0 fully saturated rings. The first-order valence-corrected chi connectivity index (χ1v) is 7.27. The van der Waals surface area contributed by atoms with Gasteiger partial charge in [0, 0.05) is 24.9 Å². The summed E-state index contributed by atoms with van der Waals surface area (Å²) in [4.78, 5) is 2.43. The Morgan fingerprint density at radius 3 is 2.45 bits per heavy atom. The second-order valence-electron chi connectivity index (χ2n) is 5.95. The van der Waals surface area contributed by atoms with Crippen molar-refractivity contribution in [3.05, 3.63) is 52.5 Å². The number of nitrogens with one attached hydrogen (secondary N) is 1. The minimum atomic E-state index is 1.07. The van der Waals surface area contributed by atoms with E-state index in [0.29, 0.717) is 0 Å². The highest BCUT2D eigenvalue weighted by molar-refractivity contribution is 5.65. The fourth-order valence-electron chi connectivity index (χ4n) is 3.47. The lowest BCUT2D eigenvalue weighted by Gasteiger charge is -2.33. The first-order valence-electron chi connectivity index (χ1n) is 7.27. The monoisotopic (exact) mass is 269 g/mol. The summed E-state index contributed by atoms with van der Waals surface area (Å²) in [5, 5.41) is 2.03. The molecule has 0 amide bonds. The van der Waals surface area contributed by atoms with Gasteiger partial charge in [0.25, 0.3) is 0 Å². The first-order chi connectivity index (χ1) is 9.49. The number of likely N-dealkylation sites (N-methyl/N-ethyl adjacent to an activating group) is 1. The van der Waals surface area contributed by atoms with E-state index >= 15 is 0 Å². The number of anilines is 1. The average Bonchev–Trinajstić information content (AvgIpc) is 2.66. The van der Waals surface area contributed by atoms with Crippen LogP contribution in [0.3, 0.4) is 0 Å². The van der Waals surface area contributed by atoms with Gasteiger partial charge in [0.2, 0.25) is 0 Å². The molecule has 2 heterocycles. The van der Waals surface area contributed by atoms with Crippen molar-refractivity contribution in [2.24, 2.45) is 0 Å². The van der Waals surface area contributed by atoms with Crippen LogP contribution < -0.4 is 10.3 Å². The smallest absolute Gasteiger partial charge is 0.130 e. The van der Waals surface area contributed by atoms with Crippen LogP contribution in [0.25, 0.3) is 0 Å². The molecule has 0 aliphatic carbocycles. The van der Waals surface area contributed by atoms with E-state index in [0.717, 1.165) is 18.7 Å². The Kier molecular flexibility index (Phi) is 3.00. The zero-order valence-corrected chi connectivity index (χ0v) is 12.9. The van der Waals surface area contributed by atoms with Crippen LogP contribution in [0.15, 0.2) is 35.8 Å². The first kappa shape index (κ1) is 13.1. The van der Waals surface area contributed by atoms with Crippen LogP contribution in [0.5, 0.6) is 0 Å². The molecule has 3 rings (SSSR count). The molecule has 0 saturated heterocycles. The Morgan fingerprint density at radius 2 is 1.80 bits per heavy atom. The molecule has 1 aromatic carbocycles. The van der Waals surface area contributed by atoms with Gasteiger partial charge in [-0.2, -0.15) is 0 Å². The van der Waals surface area contributed by atoms with Crippen LogP contribution >= 0.6 is 0 Å². The normalized spacial score (nSPS) is 18.5. The molecular weight excluding hydrogens is 246 g/mol. The van der Waals surface area contributed by atoms with Crippen molar-refractivity contribution in [1.82, 2.24) is 10.4 Å². The van der Waals surface area contributed by atoms with Crippen molar-refractivity contribution in [2.75, 3.05) is 18.5 Å². The van der Waals surface area contributed by atoms with Gasteiger partial charge in [0.1, 0.15) is 5.82 Å². The highest BCUT2D eigenvalue weighted by Gasteiger charge is 2.31. The molecule has 20 heavy (non-hydrogen) atoms. The van der Waals surface area contributed by atoms with E-state index in [9.17, 15) is 0 Å². The standard InChI is InChI=1S/C17H23N3/c1-11-9-12(2)16(13(3)10-11)20-8-6-7-15-14(4)19(5)18-17(15)20/h9-10,18H,4,6-8H2,1-3,5H3. The van der Waals surface area contributed by atoms with Crippen LogP contribution in [0.1, 0.15) is 29.5 Å². The maximum absolute atomic E-state index is 4.19.